The van der Waals surface area contributed by atoms with Crippen molar-refractivity contribution in [1.29, 1.82) is 0 Å². The number of carbonyl (C=O) groups excluding carboxylic acids is 1. The van der Waals surface area contributed by atoms with Crippen molar-refractivity contribution in [2.24, 2.45) is 0 Å². The molecule has 0 spiro atoms. The molecule has 1 aromatic carbocycles. The summed E-state index contributed by atoms with van der Waals surface area (Å²) in [5.74, 6) is 1.17. The van der Waals surface area contributed by atoms with E-state index < -0.39 is 0 Å². The van der Waals surface area contributed by atoms with Crippen LogP contribution in [-0.4, -0.2) is 26.4 Å². The molecular formula is C16H21ClN4OS. The molecule has 0 fully saturated rings. The lowest BCUT2D eigenvalue weighted by atomic mass is 10.2. The van der Waals surface area contributed by atoms with E-state index in [-0.39, 0.29) is 11.7 Å². The van der Waals surface area contributed by atoms with E-state index in [1.165, 1.54) is 11.8 Å². The highest BCUT2D eigenvalue weighted by molar-refractivity contribution is 7.99. The molecule has 0 aliphatic rings. The van der Waals surface area contributed by atoms with E-state index in [1.807, 2.05) is 13.0 Å². The second kappa shape index (κ2) is 8.36. The monoisotopic (exact) mass is 352 g/mol. The molecular weight excluding hydrogens is 332 g/mol. The Morgan fingerprint density at radius 3 is 2.83 bits per heavy atom. The van der Waals surface area contributed by atoms with Gasteiger partial charge in [-0.3, -0.25) is 4.79 Å². The van der Waals surface area contributed by atoms with Crippen LogP contribution in [0.15, 0.2) is 23.4 Å². The summed E-state index contributed by atoms with van der Waals surface area (Å²) in [7, 11) is 0. The summed E-state index contributed by atoms with van der Waals surface area (Å²) in [4.78, 5) is 12.2. The Bertz CT molecular complexity index is 687. The number of amides is 1. The maximum absolute atomic E-state index is 12.2. The molecule has 0 radical (unpaired) electrons. The van der Waals surface area contributed by atoms with Crippen LogP contribution in [0, 0.1) is 6.92 Å². The fourth-order valence-electron chi connectivity index (χ4n) is 2.18. The highest BCUT2D eigenvalue weighted by Crippen LogP contribution is 2.22. The molecule has 5 nitrogen and oxygen atoms in total. The summed E-state index contributed by atoms with van der Waals surface area (Å²) in [6.45, 7) is 6.97. The van der Waals surface area contributed by atoms with Gasteiger partial charge in [-0.15, -0.1) is 10.2 Å². The van der Waals surface area contributed by atoms with Crippen molar-refractivity contribution in [3.8, 4) is 0 Å². The number of benzene rings is 1. The average Bonchev–Trinajstić information content (AvgIpc) is 2.91. The number of carbonyl (C=O) groups is 1. The molecule has 7 heteroatoms. The van der Waals surface area contributed by atoms with Crippen LogP contribution in [0.1, 0.15) is 31.7 Å². The predicted molar refractivity (Wildman–Crippen MR) is 95.2 cm³/mol. The topological polar surface area (TPSA) is 59.8 Å². The van der Waals surface area contributed by atoms with E-state index in [9.17, 15) is 4.79 Å². The summed E-state index contributed by atoms with van der Waals surface area (Å²) < 4.78 is 2.09. The number of aryl methyl sites for hydroxylation is 2. The first-order valence-corrected chi connectivity index (χ1v) is 9.02. The van der Waals surface area contributed by atoms with Crippen molar-refractivity contribution in [1.82, 2.24) is 14.8 Å². The molecule has 2 rings (SSSR count). The van der Waals surface area contributed by atoms with Crippen LogP contribution in [0.3, 0.4) is 0 Å². The zero-order valence-corrected chi connectivity index (χ0v) is 15.2. The van der Waals surface area contributed by atoms with Crippen LogP contribution in [-0.2, 0) is 17.8 Å². The summed E-state index contributed by atoms with van der Waals surface area (Å²) in [5.41, 5.74) is 1.72. The Morgan fingerprint density at radius 2 is 2.13 bits per heavy atom. The van der Waals surface area contributed by atoms with Gasteiger partial charge in [0, 0.05) is 23.7 Å². The Balaban J connectivity index is 1.99. The van der Waals surface area contributed by atoms with Crippen LogP contribution in [0.4, 0.5) is 5.69 Å². The van der Waals surface area contributed by atoms with E-state index in [0.717, 1.165) is 41.6 Å². The van der Waals surface area contributed by atoms with Crippen LogP contribution < -0.4 is 5.32 Å². The predicted octanol–water partition coefficient (Wildman–Crippen LogP) is 3.94. The van der Waals surface area contributed by atoms with Gasteiger partial charge in [-0.2, -0.15) is 0 Å². The van der Waals surface area contributed by atoms with Gasteiger partial charge >= 0.3 is 0 Å². The largest absolute Gasteiger partial charge is 0.325 e. The van der Waals surface area contributed by atoms with Crippen molar-refractivity contribution in [3.63, 3.8) is 0 Å². The third-order valence-corrected chi connectivity index (χ3v) is 4.56. The molecule has 0 bridgehead atoms. The minimum absolute atomic E-state index is 0.0792. The Morgan fingerprint density at radius 1 is 1.35 bits per heavy atom. The lowest BCUT2D eigenvalue weighted by Gasteiger charge is -2.09. The highest BCUT2D eigenvalue weighted by Gasteiger charge is 2.13. The summed E-state index contributed by atoms with van der Waals surface area (Å²) in [6, 6.07) is 5.45. The zero-order valence-electron chi connectivity index (χ0n) is 13.6. The van der Waals surface area contributed by atoms with Crippen LogP contribution >= 0.6 is 23.4 Å². The first kappa shape index (κ1) is 17.8. The van der Waals surface area contributed by atoms with Crippen molar-refractivity contribution < 1.29 is 4.79 Å². The number of nitrogens with zero attached hydrogens (tertiary/aromatic N) is 3. The van der Waals surface area contributed by atoms with Crippen molar-refractivity contribution >= 4 is 35.0 Å². The van der Waals surface area contributed by atoms with Gasteiger partial charge in [-0.25, -0.2) is 0 Å². The van der Waals surface area contributed by atoms with E-state index in [0.29, 0.717) is 5.02 Å². The van der Waals surface area contributed by atoms with E-state index in [4.69, 9.17) is 11.6 Å². The molecule has 0 aliphatic carbocycles. The number of aromatic nitrogens is 3. The van der Waals surface area contributed by atoms with Gasteiger partial charge in [0.15, 0.2) is 5.16 Å². The molecule has 0 saturated carbocycles. The average molecular weight is 353 g/mol. The number of nitrogens with one attached hydrogen (secondary N) is 1. The van der Waals surface area contributed by atoms with Gasteiger partial charge in [-0.05, 0) is 31.0 Å². The second-order valence-corrected chi connectivity index (χ2v) is 6.58. The normalized spacial score (nSPS) is 10.8. The smallest absolute Gasteiger partial charge is 0.234 e. The fourth-order valence-corrected chi connectivity index (χ4v) is 3.14. The molecule has 2 aromatic rings. The van der Waals surface area contributed by atoms with Crippen LogP contribution in [0.2, 0.25) is 5.02 Å². The Labute approximate surface area is 145 Å². The zero-order chi connectivity index (χ0) is 16.8. The molecule has 124 valence electrons. The van der Waals surface area contributed by atoms with Gasteiger partial charge in [-0.1, -0.05) is 43.3 Å². The number of anilines is 1. The lowest BCUT2D eigenvalue weighted by molar-refractivity contribution is -0.113. The van der Waals surface area contributed by atoms with Crippen molar-refractivity contribution in [3.05, 3.63) is 34.6 Å². The fraction of sp³-hybridized carbons (Fsp3) is 0.438. The molecule has 0 aliphatic heterocycles. The maximum Gasteiger partial charge on any atom is 0.234 e. The second-order valence-electron chi connectivity index (χ2n) is 5.20. The van der Waals surface area contributed by atoms with Gasteiger partial charge in [0.25, 0.3) is 0 Å². The standard InChI is InChI=1S/C16H21ClN4OS/c1-4-8-21-14(5-2)19-20-16(21)23-10-15(22)18-13-9-12(17)7-6-11(13)3/h6-7,9H,4-5,8,10H2,1-3H3,(H,18,22). The van der Waals surface area contributed by atoms with Crippen molar-refractivity contribution in [2.45, 2.75) is 45.3 Å². The van der Waals surface area contributed by atoms with Gasteiger partial charge in [0.05, 0.1) is 5.75 Å². The van der Waals surface area contributed by atoms with E-state index in [2.05, 4.69) is 33.9 Å². The Kier molecular flexibility index (Phi) is 6.47. The van der Waals surface area contributed by atoms with Gasteiger partial charge in [0.1, 0.15) is 5.82 Å². The minimum atomic E-state index is -0.0792. The first-order valence-electron chi connectivity index (χ1n) is 7.66. The number of hydrogen-bond acceptors (Lipinski definition) is 4. The van der Waals surface area contributed by atoms with E-state index in [1.54, 1.807) is 12.1 Å². The lowest BCUT2D eigenvalue weighted by Crippen LogP contribution is -2.15. The van der Waals surface area contributed by atoms with E-state index >= 15 is 0 Å². The molecule has 1 heterocycles. The number of thioether (sulfide) groups is 1. The van der Waals surface area contributed by atoms with Crippen LogP contribution in [0.5, 0.6) is 0 Å². The molecule has 0 atom stereocenters. The number of rotatable bonds is 7. The molecule has 0 saturated heterocycles. The number of hydrogen-bond donors (Lipinski definition) is 1. The SMILES string of the molecule is CCCn1c(CC)nnc1SCC(=O)Nc1cc(Cl)ccc1C. The molecule has 0 unspecified atom stereocenters. The Hall–Kier alpha value is -1.53. The summed E-state index contributed by atoms with van der Waals surface area (Å²) >= 11 is 7.37. The van der Waals surface area contributed by atoms with Crippen LogP contribution in [0.25, 0.3) is 0 Å². The summed E-state index contributed by atoms with van der Waals surface area (Å²) in [5, 5.41) is 12.7. The molecule has 1 aromatic heterocycles. The highest BCUT2D eigenvalue weighted by atomic mass is 35.5. The first-order chi connectivity index (χ1) is 11.0. The molecule has 1 amide bonds. The minimum Gasteiger partial charge on any atom is -0.325 e. The molecule has 1 N–H and O–H groups in total. The third-order valence-electron chi connectivity index (χ3n) is 3.36. The molecule has 23 heavy (non-hydrogen) atoms. The van der Waals surface area contributed by atoms with Crippen molar-refractivity contribution in [2.75, 3.05) is 11.1 Å². The third kappa shape index (κ3) is 4.72. The van der Waals surface area contributed by atoms with Gasteiger partial charge in [0.2, 0.25) is 5.91 Å². The maximum atomic E-state index is 12.2. The van der Waals surface area contributed by atoms with Gasteiger partial charge < -0.3 is 9.88 Å². The number of halogens is 1. The quantitative estimate of drug-likeness (QED) is 0.766. The summed E-state index contributed by atoms with van der Waals surface area (Å²) in [6.07, 6.45) is 1.84.